The summed E-state index contributed by atoms with van der Waals surface area (Å²) < 4.78 is 0. The van der Waals surface area contributed by atoms with Crippen LogP contribution in [0.15, 0.2) is 54.6 Å². The summed E-state index contributed by atoms with van der Waals surface area (Å²) in [6.07, 6.45) is 5.22. The monoisotopic (exact) mass is 263 g/mol. The van der Waals surface area contributed by atoms with Crippen LogP contribution in [-0.4, -0.2) is 0 Å². The van der Waals surface area contributed by atoms with Crippen LogP contribution in [0, 0.1) is 5.92 Å². The molecule has 2 aliphatic carbocycles. The van der Waals surface area contributed by atoms with Gasteiger partial charge in [0.25, 0.3) is 0 Å². The third-order valence-corrected chi connectivity index (χ3v) is 4.77. The zero-order valence-corrected chi connectivity index (χ0v) is 11.8. The maximum atomic E-state index is 3.95. The van der Waals surface area contributed by atoms with Crippen molar-refractivity contribution in [1.82, 2.24) is 5.32 Å². The van der Waals surface area contributed by atoms with Gasteiger partial charge in [0.15, 0.2) is 0 Å². The van der Waals surface area contributed by atoms with Gasteiger partial charge in [0.1, 0.15) is 0 Å². The standard InChI is InChI=1S/C19H21N/c1-2-7-15(8-3-1)19(16-10-11-16)20-18-13-12-14-6-4-5-9-17(14)18/h1-9,16,18-20H,10-13H2. The van der Waals surface area contributed by atoms with E-state index in [1.165, 1.54) is 42.4 Å². The highest BCUT2D eigenvalue weighted by Gasteiger charge is 2.35. The maximum Gasteiger partial charge on any atom is 0.0354 e. The molecule has 1 heteroatoms. The molecule has 0 bridgehead atoms. The molecule has 0 amide bonds. The fourth-order valence-electron chi connectivity index (χ4n) is 3.54. The van der Waals surface area contributed by atoms with Gasteiger partial charge in [0.05, 0.1) is 0 Å². The number of hydrogen-bond acceptors (Lipinski definition) is 1. The number of aryl methyl sites for hydroxylation is 1. The summed E-state index contributed by atoms with van der Waals surface area (Å²) in [6, 6.07) is 21.0. The second-order valence-electron chi connectivity index (χ2n) is 6.18. The summed E-state index contributed by atoms with van der Waals surface area (Å²) >= 11 is 0. The first-order valence-electron chi connectivity index (χ1n) is 7.80. The highest BCUT2D eigenvalue weighted by molar-refractivity contribution is 5.35. The molecule has 0 radical (unpaired) electrons. The first kappa shape index (κ1) is 12.2. The Morgan fingerprint density at radius 2 is 1.60 bits per heavy atom. The van der Waals surface area contributed by atoms with Gasteiger partial charge in [0, 0.05) is 12.1 Å². The molecule has 2 aromatic carbocycles. The minimum Gasteiger partial charge on any atom is -0.303 e. The van der Waals surface area contributed by atoms with Crippen molar-refractivity contribution in [3.8, 4) is 0 Å². The van der Waals surface area contributed by atoms with Crippen molar-refractivity contribution in [3.63, 3.8) is 0 Å². The Bertz CT molecular complexity index is 586. The third kappa shape index (κ3) is 2.27. The summed E-state index contributed by atoms with van der Waals surface area (Å²) in [6.45, 7) is 0. The molecule has 2 unspecified atom stereocenters. The third-order valence-electron chi connectivity index (χ3n) is 4.77. The average Bonchev–Trinajstić information content (AvgIpc) is 3.27. The van der Waals surface area contributed by atoms with Crippen LogP contribution in [0.5, 0.6) is 0 Å². The number of rotatable bonds is 4. The highest BCUT2D eigenvalue weighted by atomic mass is 15.0. The lowest BCUT2D eigenvalue weighted by molar-refractivity contribution is 0.408. The molecule has 0 saturated heterocycles. The fraction of sp³-hybridized carbons (Fsp3) is 0.368. The van der Waals surface area contributed by atoms with E-state index < -0.39 is 0 Å². The van der Waals surface area contributed by atoms with Gasteiger partial charge in [-0.2, -0.15) is 0 Å². The molecule has 1 N–H and O–H groups in total. The fourth-order valence-corrected chi connectivity index (χ4v) is 3.54. The Kier molecular flexibility index (Phi) is 3.08. The zero-order valence-electron chi connectivity index (χ0n) is 11.8. The molecule has 1 fully saturated rings. The molecule has 1 nitrogen and oxygen atoms in total. The molecule has 20 heavy (non-hydrogen) atoms. The quantitative estimate of drug-likeness (QED) is 0.861. The maximum absolute atomic E-state index is 3.95. The molecule has 4 rings (SSSR count). The smallest absolute Gasteiger partial charge is 0.0354 e. The number of hydrogen-bond donors (Lipinski definition) is 1. The lowest BCUT2D eigenvalue weighted by Gasteiger charge is -2.24. The van der Waals surface area contributed by atoms with E-state index in [0.29, 0.717) is 12.1 Å². The van der Waals surface area contributed by atoms with Crippen molar-refractivity contribution in [2.24, 2.45) is 5.92 Å². The van der Waals surface area contributed by atoms with Gasteiger partial charge >= 0.3 is 0 Å². The molecular formula is C19H21N. The summed E-state index contributed by atoms with van der Waals surface area (Å²) in [5.74, 6) is 0.838. The Hall–Kier alpha value is -1.60. The van der Waals surface area contributed by atoms with Gasteiger partial charge in [-0.3, -0.25) is 0 Å². The van der Waals surface area contributed by atoms with E-state index in [0.717, 1.165) is 5.92 Å². The summed E-state index contributed by atoms with van der Waals surface area (Å²) in [4.78, 5) is 0. The lowest BCUT2D eigenvalue weighted by atomic mass is 9.99. The van der Waals surface area contributed by atoms with Gasteiger partial charge in [-0.1, -0.05) is 54.6 Å². The summed E-state index contributed by atoms with van der Waals surface area (Å²) in [5.41, 5.74) is 4.51. The van der Waals surface area contributed by atoms with Gasteiger partial charge < -0.3 is 5.32 Å². The first-order valence-corrected chi connectivity index (χ1v) is 7.80. The van der Waals surface area contributed by atoms with Gasteiger partial charge in [0.2, 0.25) is 0 Å². The first-order chi connectivity index (χ1) is 9.92. The van der Waals surface area contributed by atoms with E-state index in [9.17, 15) is 0 Å². The number of nitrogens with one attached hydrogen (secondary N) is 1. The molecule has 102 valence electrons. The van der Waals surface area contributed by atoms with Crippen molar-refractivity contribution < 1.29 is 0 Å². The van der Waals surface area contributed by atoms with Crippen molar-refractivity contribution in [2.75, 3.05) is 0 Å². The lowest BCUT2D eigenvalue weighted by Crippen LogP contribution is -2.26. The van der Waals surface area contributed by atoms with Gasteiger partial charge in [-0.25, -0.2) is 0 Å². The van der Waals surface area contributed by atoms with Crippen LogP contribution < -0.4 is 5.32 Å². The SMILES string of the molecule is c1ccc(C(NC2CCc3ccccc32)C2CC2)cc1. The van der Waals surface area contributed by atoms with E-state index in [-0.39, 0.29) is 0 Å². The van der Waals surface area contributed by atoms with E-state index in [1.807, 2.05) is 0 Å². The summed E-state index contributed by atoms with van der Waals surface area (Å²) in [5, 5.41) is 3.95. The molecular weight excluding hydrogens is 242 g/mol. The minimum absolute atomic E-state index is 0.535. The van der Waals surface area contributed by atoms with E-state index in [1.54, 1.807) is 0 Å². The second kappa shape index (κ2) is 5.06. The van der Waals surface area contributed by atoms with Crippen LogP contribution in [0.4, 0.5) is 0 Å². The minimum atomic E-state index is 0.535. The van der Waals surface area contributed by atoms with Gasteiger partial charge in [-0.05, 0) is 48.3 Å². The largest absolute Gasteiger partial charge is 0.303 e. The van der Waals surface area contributed by atoms with E-state index in [4.69, 9.17) is 0 Å². The van der Waals surface area contributed by atoms with Gasteiger partial charge in [-0.15, -0.1) is 0 Å². The number of benzene rings is 2. The Balaban J connectivity index is 1.58. The van der Waals surface area contributed by atoms with Crippen molar-refractivity contribution in [2.45, 2.75) is 37.8 Å². The normalized spacial score (nSPS) is 22.5. The predicted molar refractivity (Wildman–Crippen MR) is 82.5 cm³/mol. The van der Waals surface area contributed by atoms with E-state index >= 15 is 0 Å². The van der Waals surface area contributed by atoms with Crippen LogP contribution in [-0.2, 0) is 6.42 Å². The van der Waals surface area contributed by atoms with Crippen molar-refractivity contribution >= 4 is 0 Å². The summed E-state index contributed by atoms with van der Waals surface area (Å²) in [7, 11) is 0. The Morgan fingerprint density at radius 1 is 0.850 bits per heavy atom. The van der Waals surface area contributed by atoms with E-state index in [2.05, 4.69) is 59.9 Å². The molecule has 1 saturated carbocycles. The predicted octanol–water partition coefficient (Wildman–Crippen LogP) is 4.41. The van der Waals surface area contributed by atoms with Crippen molar-refractivity contribution in [1.29, 1.82) is 0 Å². The molecule has 0 aliphatic heterocycles. The zero-order chi connectivity index (χ0) is 13.4. The molecule has 0 aromatic heterocycles. The van der Waals surface area contributed by atoms with Crippen LogP contribution in [0.25, 0.3) is 0 Å². The highest BCUT2D eigenvalue weighted by Crippen LogP contribution is 2.43. The van der Waals surface area contributed by atoms with Crippen LogP contribution >= 0.6 is 0 Å². The molecule has 2 aliphatic rings. The average molecular weight is 263 g/mol. The Labute approximate surface area is 121 Å². The molecule has 0 heterocycles. The van der Waals surface area contributed by atoms with Crippen LogP contribution in [0.1, 0.15) is 48.0 Å². The second-order valence-corrected chi connectivity index (χ2v) is 6.18. The van der Waals surface area contributed by atoms with Crippen LogP contribution in [0.3, 0.4) is 0 Å². The van der Waals surface area contributed by atoms with Crippen LogP contribution in [0.2, 0.25) is 0 Å². The molecule has 2 aromatic rings. The topological polar surface area (TPSA) is 12.0 Å². The molecule has 2 atom stereocenters. The Morgan fingerprint density at radius 3 is 2.40 bits per heavy atom. The molecule has 0 spiro atoms. The van der Waals surface area contributed by atoms with Crippen molar-refractivity contribution in [3.05, 3.63) is 71.3 Å². The number of fused-ring (bicyclic) bond motifs is 1.